The fourth-order valence-corrected chi connectivity index (χ4v) is 0.923. The smallest absolute Gasteiger partial charge is 0.0839 e. The van der Waals surface area contributed by atoms with Crippen molar-refractivity contribution in [1.82, 2.24) is 0 Å². The van der Waals surface area contributed by atoms with E-state index in [9.17, 15) is 5.11 Å². The Kier molecular flexibility index (Phi) is 2.81. The number of hydrogen-bond acceptors (Lipinski definition) is 2. The van der Waals surface area contributed by atoms with Crippen LogP contribution in [0.15, 0.2) is 30.3 Å². The van der Waals surface area contributed by atoms with Crippen LogP contribution in [0.25, 0.3) is 0 Å². The molecule has 0 aromatic heterocycles. The maximum absolute atomic E-state index is 9.37. The van der Waals surface area contributed by atoms with Crippen LogP contribution in [0.2, 0.25) is 0 Å². The number of aliphatic hydroxyl groups excluding tert-OH is 1. The van der Waals surface area contributed by atoms with Crippen LogP contribution in [0, 0.1) is 5.41 Å². The maximum Gasteiger partial charge on any atom is 0.0839 e. The topological polar surface area (TPSA) is 44.1 Å². The summed E-state index contributed by atoms with van der Waals surface area (Å²) >= 11 is 0. The third-order valence-electron chi connectivity index (χ3n) is 1.53. The number of hydrogen-bond donors (Lipinski definition) is 2. The van der Waals surface area contributed by atoms with Crippen molar-refractivity contribution < 1.29 is 5.11 Å². The summed E-state index contributed by atoms with van der Waals surface area (Å²) in [7, 11) is 0. The zero-order valence-corrected chi connectivity index (χ0v) is 6.20. The molecule has 2 heteroatoms. The van der Waals surface area contributed by atoms with Gasteiger partial charge in [-0.1, -0.05) is 30.3 Å². The van der Waals surface area contributed by atoms with E-state index < -0.39 is 6.10 Å². The van der Waals surface area contributed by atoms with E-state index >= 15 is 0 Å². The molecule has 0 saturated carbocycles. The monoisotopic (exact) mass is 149 g/mol. The molecule has 1 atom stereocenters. The lowest BCUT2D eigenvalue weighted by Crippen LogP contribution is -1.96. The Morgan fingerprint density at radius 1 is 1.36 bits per heavy atom. The summed E-state index contributed by atoms with van der Waals surface area (Å²) in [4.78, 5) is 0. The van der Waals surface area contributed by atoms with E-state index in [1.807, 2.05) is 30.3 Å². The van der Waals surface area contributed by atoms with E-state index in [-0.39, 0.29) is 0 Å². The van der Waals surface area contributed by atoms with Crippen LogP contribution in [0.4, 0.5) is 0 Å². The first-order valence-corrected chi connectivity index (χ1v) is 3.56. The SMILES string of the molecule is N=CC[C@@H](O)c1ccccc1. The van der Waals surface area contributed by atoms with Crippen molar-refractivity contribution >= 4 is 6.21 Å². The quantitative estimate of drug-likeness (QED) is 0.632. The summed E-state index contributed by atoms with van der Waals surface area (Å²) in [5.74, 6) is 0. The standard InChI is InChI=1S/C9H11NO/c10-7-6-9(11)8-4-2-1-3-5-8/h1-5,7,9-11H,6H2/t9-/m1/s1. The van der Waals surface area contributed by atoms with Crippen LogP contribution in [-0.4, -0.2) is 11.3 Å². The molecule has 1 aromatic rings. The third-order valence-corrected chi connectivity index (χ3v) is 1.53. The number of aliphatic hydroxyl groups is 1. The van der Waals surface area contributed by atoms with Crippen molar-refractivity contribution in [3.8, 4) is 0 Å². The molecule has 0 saturated heterocycles. The molecule has 11 heavy (non-hydrogen) atoms. The highest BCUT2D eigenvalue weighted by Gasteiger charge is 2.02. The molecule has 0 aliphatic carbocycles. The molecule has 58 valence electrons. The minimum atomic E-state index is -0.520. The molecule has 0 amide bonds. The highest BCUT2D eigenvalue weighted by molar-refractivity contribution is 5.54. The molecule has 2 N–H and O–H groups in total. The van der Waals surface area contributed by atoms with Gasteiger partial charge in [0.25, 0.3) is 0 Å². The average Bonchev–Trinajstić information content (AvgIpc) is 2.07. The van der Waals surface area contributed by atoms with Crippen molar-refractivity contribution in [2.45, 2.75) is 12.5 Å². The van der Waals surface area contributed by atoms with Crippen LogP contribution in [-0.2, 0) is 0 Å². The van der Waals surface area contributed by atoms with Gasteiger partial charge in [-0.2, -0.15) is 0 Å². The lowest BCUT2D eigenvalue weighted by molar-refractivity contribution is 0.187. The lowest BCUT2D eigenvalue weighted by atomic mass is 10.1. The predicted molar refractivity (Wildman–Crippen MR) is 44.8 cm³/mol. The van der Waals surface area contributed by atoms with Gasteiger partial charge in [0, 0.05) is 6.42 Å². The molecule has 2 nitrogen and oxygen atoms in total. The number of rotatable bonds is 3. The van der Waals surface area contributed by atoms with Crippen molar-refractivity contribution in [2.75, 3.05) is 0 Å². The first kappa shape index (κ1) is 7.95. The van der Waals surface area contributed by atoms with Gasteiger partial charge >= 0.3 is 0 Å². The van der Waals surface area contributed by atoms with Crippen LogP contribution in [0.3, 0.4) is 0 Å². The lowest BCUT2D eigenvalue weighted by Gasteiger charge is -2.05. The molecular formula is C9H11NO. The number of benzene rings is 1. The third kappa shape index (κ3) is 2.16. The summed E-state index contributed by atoms with van der Waals surface area (Å²) in [5.41, 5.74) is 0.871. The molecule has 0 unspecified atom stereocenters. The summed E-state index contributed by atoms with van der Waals surface area (Å²) in [6.45, 7) is 0. The van der Waals surface area contributed by atoms with Crippen LogP contribution >= 0.6 is 0 Å². The van der Waals surface area contributed by atoms with Gasteiger partial charge in [-0.15, -0.1) is 0 Å². The molecule has 1 rings (SSSR count). The molecule has 0 fully saturated rings. The van der Waals surface area contributed by atoms with E-state index in [2.05, 4.69) is 0 Å². The zero-order chi connectivity index (χ0) is 8.10. The Balaban J connectivity index is 2.68. The van der Waals surface area contributed by atoms with Gasteiger partial charge in [0.1, 0.15) is 0 Å². The maximum atomic E-state index is 9.37. The highest BCUT2D eigenvalue weighted by Crippen LogP contribution is 2.13. The molecular weight excluding hydrogens is 138 g/mol. The average molecular weight is 149 g/mol. The second-order valence-corrected chi connectivity index (χ2v) is 2.37. The minimum Gasteiger partial charge on any atom is -0.388 e. The van der Waals surface area contributed by atoms with Gasteiger partial charge in [0.05, 0.1) is 6.10 Å². The molecule has 0 aliphatic heterocycles. The first-order valence-electron chi connectivity index (χ1n) is 3.56. The van der Waals surface area contributed by atoms with E-state index in [0.29, 0.717) is 6.42 Å². The van der Waals surface area contributed by atoms with E-state index in [1.54, 1.807) is 0 Å². The van der Waals surface area contributed by atoms with Gasteiger partial charge < -0.3 is 10.5 Å². The number of nitrogens with one attached hydrogen (secondary N) is 1. The molecule has 1 aromatic carbocycles. The largest absolute Gasteiger partial charge is 0.388 e. The van der Waals surface area contributed by atoms with E-state index in [0.717, 1.165) is 5.56 Å². The fraction of sp³-hybridized carbons (Fsp3) is 0.222. The zero-order valence-electron chi connectivity index (χ0n) is 6.20. The summed E-state index contributed by atoms with van der Waals surface area (Å²) in [6, 6.07) is 9.37. The van der Waals surface area contributed by atoms with Gasteiger partial charge in [-0.25, -0.2) is 0 Å². The molecule has 0 heterocycles. The molecule has 0 bridgehead atoms. The van der Waals surface area contributed by atoms with Crippen molar-refractivity contribution in [3.63, 3.8) is 0 Å². The van der Waals surface area contributed by atoms with Gasteiger partial charge in [-0.3, -0.25) is 0 Å². The Hall–Kier alpha value is -1.15. The van der Waals surface area contributed by atoms with Crippen molar-refractivity contribution in [3.05, 3.63) is 35.9 Å². The Morgan fingerprint density at radius 3 is 2.55 bits per heavy atom. The second-order valence-electron chi connectivity index (χ2n) is 2.37. The van der Waals surface area contributed by atoms with Crippen LogP contribution in [0.5, 0.6) is 0 Å². The minimum absolute atomic E-state index is 0.393. The van der Waals surface area contributed by atoms with Gasteiger partial charge in [-0.05, 0) is 11.8 Å². The van der Waals surface area contributed by atoms with Crippen LogP contribution < -0.4 is 0 Å². The Labute approximate surface area is 66.0 Å². The van der Waals surface area contributed by atoms with Crippen molar-refractivity contribution in [1.29, 1.82) is 5.41 Å². The first-order chi connectivity index (χ1) is 5.34. The molecule has 0 spiro atoms. The molecule has 0 aliphatic rings. The summed E-state index contributed by atoms with van der Waals surface area (Å²) in [5, 5.41) is 16.2. The van der Waals surface area contributed by atoms with Crippen molar-refractivity contribution in [2.24, 2.45) is 0 Å². The fourth-order valence-electron chi connectivity index (χ4n) is 0.923. The summed E-state index contributed by atoms with van der Waals surface area (Å²) < 4.78 is 0. The van der Waals surface area contributed by atoms with Gasteiger partial charge in [0.15, 0.2) is 0 Å². The Bertz CT molecular complexity index is 220. The molecule has 0 radical (unpaired) electrons. The van der Waals surface area contributed by atoms with Gasteiger partial charge in [0.2, 0.25) is 0 Å². The normalized spacial score (nSPS) is 12.5. The second kappa shape index (κ2) is 3.88. The van der Waals surface area contributed by atoms with Crippen LogP contribution in [0.1, 0.15) is 18.1 Å². The van der Waals surface area contributed by atoms with E-state index in [1.165, 1.54) is 6.21 Å². The predicted octanol–water partition coefficient (Wildman–Crippen LogP) is 1.76. The van der Waals surface area contributed by atoms with E-state index in [4.69, 9.17) is 5.41 Å². The summed E-state index contributed by atoms with van der Waals surface area (Å²) in [6.07, 6.45) is 1.09. The Morgan fingerprint density at radius 2 is 2.00 bits per heavy atom. The highest BCUT2D eigenvalue weighted by atomic mass is 16.3.